The largest absolute Gasteiger partial charge is 0.493 e. The van der Waals surface area contributed by atoms with Crippen molar-refractivity contribution in [2.45, 2.75) is 6.92 Å². The van der Waals surface area contributed by atoms with E-state index in [1.165, 1.54) is 18.2 Å². The average molecular weight is 358 g/mol. The molecular formula is C15H11BrClFO2. The highest BCUT2D eigenvalue weighted by Gasteiger charge is 2.16. The monoisotopic (exact) mass is 356 g/mol. The van der Waals surface area contributed by atoms with Crippen LogP contribution in [0.2, 0.25) is 5.02 Å². The Morgan fingerprint density at radius 3 is 2.70 bits per heavy atom. The van der Waals surface area contributed by atoms with E-state index in [0.29, 0.717) is 27.4 Å². The lowest BCUT2D eigenvalue weighted by Gasteiger charge is -2.08. The van der Waals surface area contributed by atoms with Crippen LogP contribution < -0.4 is 4.74 Å². The second-order valence-electron chi connectivity index (χ2n) is 4.03. The van der Waals surface area contributed by atoms with E-state index in [9.17, 15) is 9.18 Å². The van der Waals surface area contributed by atoms with Crippen LogP contribution in [0.4, 0.5) is 4.39 Å². The van der Waals surface area contributed by atoms with Crippen LogP contribution in [-0.4, -0.2) is 12.4 Å². The first-order chi connectivity index (χ1) is 9.52. The number of benzene rings is 2. The molecule has 0 unspecified atom stereocenters. The van der Waals surface area contributed by atoms with Crippen LogP contribution in [-0.2, 0) is 0 Å². The van der Waals surface area contributed by atoms with Crippen LogP contribution in [0.1, 0.15) is 22.8 Å². The molecule has 0 aliphatic rings. The molecule has 0 amide bonds. The maximum atomic E-state index is 13.7. The van der Waals surface area contributed by atoms with Crippen molar-refractivity contribution in [2.75, 3.05) is 6.61 Å². The highest BCUT2D eigenvalue weighted by Crippen LogP contribution is 2.27. The summed E-state index contributed by atoms with van der Waals surface area (Å²) in [7, 11) is 0. The van der Waals surface area contributed by atoms with E-state index in [1.807, 2.05) is 6.92 Å². The van der Waals surface area contributed by atoms with E-state index in [4.69, 9.17) is 16.3 Å². The second kappa shape index (κ2) is 6.37. The summed E-state index contributed by atoms with van der Waals surface area (Å²) in [5.74, 6) is -0.381. The highest BCUT2D eigenvalue weighted by atomic mass is 79.9. The molecule has 2 rings (SSSR count). The van der Waals surface area contributed by atoms with Crippen LogP contribution in [0, 0.1) is 5.82 Å². The Kier molecular flexibility index (Phi) is 4.78. The summed E-state index contributed by atoms with van der Waals surface area (Å²) in [5, 5.41) is 0.319. The zero-order valence-electron chi connectivity index (χ0n) is 10.6. The zero-order chi connectivity index (χ0) is 14.7. The fourth-order valence-electron chi connectivity index (χ4n) is 1.74. The minimum absolute atomic E-state index is 0.0476. The molecule has 104 valence electrons. The van der Waals surface area contributed by atoms with Gasteiger partial charge in [-0.1, -0.05) is 11.6 Å². The van der Waals surface area contributed by atoms with E-state index in [2.05, 4.69) is 15.9 Å². The molecule has 20 heavy (non-hydrogen) atoms. The second-order valence-corrected chi connectivity index (χ2v) is 5.32. The molecule has 0 aliphatic heterocycles. The molecule has 0 saturated carbocycles. The summed E-state index contributed by atoms with van der Waals surface area (Å²) in [4.78, 5) is 12.3. The number of ether oxygens (including phenoxy) is 1. The lowest BCUT2D eigenvalue weighted by Crippen LogP contribution is -2.05. The van der Waals surface area contributed by atoms with Crippen molar-refractivity contribution in [1.82, 2.24) is 0 Å². The van der Waals surface area contributed by atoms with Crippen molar-refractivity contribution in [3.8, 4) is 5.75 Å². The summed E-state index contributed by atoms with van der Waals surface area (Å²) in [6, 6.07) is 8.78. The first-order valence-electron chi connectivity index (χ1n) is 5.95. The molecule has 0 heterocycles. The third kappa shape index (κ3) is 3.19. The Morgan fingerprint density at radius 2 is 2.05 bits per heavy atom. The van der Waals surface area contributed by atoms with Crippen molar-refractivity contribution in [3.05, 3.63) is 62.8 Å². The Morgan fingerprint density at radius 1 is 1.30 bits per heavy atom. The maximum absolute atomic E-state index is 13.7. The SMILES string of the molecule is CCOc1ccc(C(=O)c2cc(Cl)ccc2F)cc1Br. The maximum Gasteiger partial charge on any atom is 0.196 e. The van der Waals surface area contributed by atoms with Crippen molar-refractivity contribution in [3.63, 3.8) is 0 Å². The molecule has 2 nitrogen and oxygen atoms in total. The fourth-order valence-corrected chi connectivity index (χ4v) is 2.41. The number of carbonyl (C=O) groups excluding carboxylic acids is 1. The lowest BCUT2D eigenvalue weighted by molar-refractivity contribution is 0.103. The summed E-state index contributed by atoms with van der Waals surface area (Å²) >= 11 is 9.12. The first-order valence-corrected chi connectivity index (χ1v) is 7.12. The lowest BCUT2D eigenvalue weighted by atomic mass is 10.0. The molecule has 0 fully saturated rings. The molecule has 2 aromatic rings. The number of carbonyl (C=O) groups is 1. The Balaban J connectivity index is 2.38. The summed E-state index contributed by atoms with van der Waals surface area (Å²) in [5.41, 5.74) is 0.315. The normalized spacial score (nSPS) is 10.4. The average Bonchev–Trinajstić information content (AvgIpc) is 2.43. The highest BCUT2D eigenvalue weighted by molar-refractivity contribution is 9.10. The number of hydrogen-bond acceptors (Lipinski definition) is 2. The van der Waals surface area contributed by atoms with Crippen molar-refractivity contribution < 1.29 is 13.9 Å². The van der Waals surface area contributed by atoms with E-state index in [-0.39, 0.29) is 5.56 Å². The van der Waals surface area contributed by atoms with Gasteiger partial charge < -0.3 is 4.74 Å². The molecule has 0 N–H and O–H groups in total. The number of ketones is 1. The topological polar surface area (TPSA) is 26.3 Å². The van der Waals surface area contributed by atoms with Crippen LogP contribution >= 0.6 is 27.5 Å². The van der Waals surface area contributed by atoms with Gasteiger partial charge in [0.1, 0.15) is 11.6 Å². The van der Waals surface area contributed by atoms with Gasteiger partial charge in [-0.25, -0.2) is 4.39 Å². The van der Waals surface area contributed by atoms with Crippen LogP contribution in [0.15, 0.2) is 40.9 Å². The summed E-state index contributed by atoms with van der Waals surface area (Å²) in [6.45, 7) is 2.39. The molecule has 0 atom stereocenters. The Hall–Kier alpha value is -1.39. The van der Waals surface area contributed by atoms with Gasteiger partial charge in [-0.2, -0.15) is 0 Å². The molecule has 5 heteroatoms. The first kappa shape index (κ1) is 15.0. The Bertz CT molecular complexity index is 658. The standard InChI is InChI=1S/C15H11BrClFO2/c1-2-20-14-6-3-9(7-12(14)16)15(19)11-8-10(17)4-5-13(11)18/h3-8H,2H2,1H3. The van der Waals surface area contributed by atoms with Crippen LogP contribution in [0.5, 0.6) is 5.75 Å². The van der Waals surface area contributed by atoms with Gasteiger partial charge in [-0.05, 0) is 59.3 Å². The smallest absolute Gasteiger partial charge is 0.196 e. The third-order valence-electron chi connectivity index (χ3n) is 2.67. The van der Waals surface area contributed by atoms with Gasteiger partial charge >= 0.3 is 0 Å². The van der Waals surface area contributed by atoms with E-state index >= 15 is 0 Å². The van der Waals surface area contributed by atoms with Gasteiger partial charge in [-0.15, -0.1) is 0 Å². The van der Waals surface area contributed by atoms with Crippen LogP contribution in [0.25, 0.3) is 0 Å². The van der Waals surface area contributed by atoms with Gasteiger partial charge in [-0.3, -0.25) is 4.79 Å². The zero-order valence-corrected chi connectivity index (χ0v) is 13.0. The number of halogens is 3. The van der Waals surface area contributed by atoms with Gasteiger partial charge in [0, 0.05) is 10.6 Å². The number of hydrogen-bond donors (Lipinski definition) is 0. The molecule has 0 radical (unpaired) electrons. The third-order valence-corrected chi connectivity index (χ3v) is 3.52. The van der Waals surface area contributed by atoms with Gasteiger partial charge in [0.2, 0.25) is 0 Å². The van der Waals surface area contributed by atoms with Crippen LogP contribution in [0.3, 0.4) is 0 Å². The molecule has 2 aromatic carbocycles. The quantitative estimate of drug-likeness (QED) is 0.730. The van der Waals surface area contributed by atoms with Crippen molar-refractivity contribution in [1.29, 1.82) is 0 Å². The van der Waals surface area contributed by atoms with Gasteiger partial charge in [0.15, 0.2) is 5.78 Å². The predicted molar refractivity (Wildman–Crippen MR) is 80.2 cm³/mol. The molecule has 0 aromatic heterocycles. The molecule has 0 spiro atoms. The van der Waals surface area contributed by atoms with Gasteiger partial charge in [0.05, 0.1) is 16.6 Å². The molecular weight excluding hydrogens is 347 g/mol. The molecule has 0 saturated heterocycles. The molecule has 0 aliphatic carbocycles. The summed E-state index contributed by atoms with van der Waals surface area (Å²) in [6.07, 6.45) is 0. The Labute approximate surface area is 129 Å². The fraction of sp³-hybridized carbons (Fsp3) is 0.133. The minimum atomic E-state index is -0.593. The molecule has 0 bridgehead atoms. The summed E-state index contributed by atoms with van der Waals surface area (Å²) < 4.78 is 19.7. The number of rotatable bonds is 4. The van der Waals surface area contributed by atoms with Crippen molar-refractivity contribution >= 4 is 33.3 Å². The van der Waals surface area contributed by atoms with E-state index in [1.54, 1.807) is 18.2 Å². The van der Waals surface area contributed by atoms with Gasteiger partial charge in [0.25, 0.3) is 0 Å². The van der Waals surface area contributed by atoms with E-state index in [0.717, 1.165) is 0 Å². The van der Waals surface area contributed by atoms with Crippen molar-refractivity contribution in [2.24, 2.45) is 0 Å². The minimum Gasteiger partial charge on any atom is -0.493 e. The van der Waals surface area contributed by atoms with E-state index < -0.39 is 11.6 Å². The predicted octanol–water partition coefficient (Wildman–Crippen LogP) is 4.87.